The van der Waals surface area contributed by atoms with Crippen molar-refractivity contribution in [2.24, 2.45) is 0 Å². The van der Waals surface area contributed by atoms with E-state index in [9.17, 15) is 0 Å². The summed E-state index contributed by atoms with van der Waals surface area (Å²) in [6, 6.07) is 4.92. The van der Waals surface area contributed by atoms with E-state index in [2.05, 4.69) is 15.3 Å². The minimum absolute atomic E-state index is 0.256. The van der Waals surface area contributed by atoms with E-state index in [4.69, 9.17) is 32.7 Å². The molecule has 0 saturated carbocycles. The van der Waals surface area contributed by atoms with E-state index in [1.165, 1.54) is 13.4 Å². The van der Waals surface area contributed by atoms with Gasteiger partial charge in [-0.05, 0) is 12.1 Å². The lowest BCUT2D eigenvalue weighted by atomic mass is 10.3. The van der Waals surface area contributed by atoms with Crippen molar-refractivity contribution in [2.45, 2.75) is 0 Å². The number of hydrogen-bond acceptors (Lipinski definition) is 5. The van der Waals surface area contributed by atoms with Crippen LogP contribution in [0.3, 0.4) is 0 Å². The number of benzene rings is 1. The van der Waals surface area contributed by atoms with Gasteiger partial charge in [0.1, 0.15) is 12.1 Å². The molecule has 1 aromatic carbocycles. The van der Waals surface area contributed by atoms with Crippen molar-refractivity contribution >= 4 is 29.0 Å². The van der Waals surface area contributed by atoms with Crippen LogP contribution in [0.25, 0.3) is 0 Å². The van der Waals surface area contributed by atoms with Gasteiger partial charge in [0.15, 0.2) is 5.82 Å². The van der Waals surface area contributed by atoms with Gasteiger partial charge in [-0.2, -0.15) is 4.98 Å². The summed E-state index contributed by atoms with van der Waals surface area (Å²) in [5, 5.41) is 3.83. The number of aromatic nitrogens is 2. The lowest BCUT2D eigenvalue weighted by Gasteiger charge is -2.12. The van der Waals surface area contributed by atoms with E-state index in [-0.39, 0.29) is 5.88 Å². The largest absolute Gasteiger partial charge is 0.489 e. The van der Waals surface area contributed by atoms with Crippen molar-refractivity contribution in [1.82, 2.24) is 9.97 Å². The van der Waals surface area contributed by atoms with E-state index < -0.39 is 0 Å². The maximum atomic E-state index is 6.03. The molecule has 0 atom stereocenters. The Kier molecular flexibility index (Phi) is 4.29. The van der Waals surface area contributed by atoms with E-state index in [1.54, 1.807) is 25.2 Å². The van der Waals surface area contributed by atoms with Crippen LogP contribution in [-0.2, 0) is 0 Å². The van der Waals surface area contributed by atoms with Gasteiger partial charge in [-0.15, -0.1) is 0 Å². The van der Waals surface area contributed by atoms with E-state index in [0.717, 1.165) is 0 Å². The van der Waals surface area contributed by atoms with E-state index >= 15 is 0 Å². The first kappa shape index (κ1) is 13.7. The minimum atomic E-state index is 0.256. The molecule has 0 amide bonds. The van der Waals surface area contributed by atoms with Crippen LogP contribution in [0, 0.1) is 0 Å². The van der Waals surface area contributed by atoms with Crippen LogP contribution < -0.4 is 14.8 Å². The maximum Gasteiger partial charge on any atom is 0.268 e. The summed E-state index contributed by atoms with van der Waals surface area (Å²) in [5.41, 5.74) is 0. The van der Waals surface area contributed by atoms with Crippen molar-refractivity contribution in [3.8, 4) is 17.4 Å². The van der Waals surface area contributed by atoms with Crippen molar-refractivity contribution < 1.29 is 9.47 Å². The number of nitrogens with one attached hydrogen (secondary N) is 1. The van der Waals surface area contributed by atoms with Crippen LogP contribution in [0.4, 0.5) is 5.82 Å². The Morgan fingerprint density at radius 1 is 1.21 bits per heavy atom. The summed E-state index contributed by atoms with van der Waals surface area (Å²) in [6.07, 6.45) is 1.36. The first-order valence-electron chi connectivity index (χ1n) is 5.35. The molecule has 0 aliphatic carbocycles. The molecule has 0 fully saturated rings. The number of nitrogens with zero attached hydrogens (tertiary/aromatic N) is 2. The first-order valence-corrected chi connectivity index (χ1v) is 6.11. The summed E-state index contributed by atoms with van der Waals surface area (Å²) < 4.78 is 10.8. The zero-order chi connectivity index (χ0) is 13.8. The van der Waals surface area contributed by atoms with Crippen LogP contribution in [0.1, 0.15) is 0 Å². The third-order valence-corrected chi connectivity index (χ3v) is 2.86. The standard InChI is InChI=1S/C12H11Cl2N3O2/c1-15-11-10(18-2)12(17-6-16-11)19-9-5-7(13)3-4-8(9)14/h3-6H,1-2H3,(H,15,16,17). The molecule has 1 heterocycles. The average molecular weight is 300 g/mol. The zero-order valence-corrected chi connectivity index (χ0v) is 11.8. The summed E-state index contributed by atoms with van der Waals surface area (Å²) in [5.74, 6) is 1.56. The van der Waals surface area contributed by atoms with Gasteiger partial charge in [0.05, 0.1) is 12.1 Å². The molecule has 0 aliphatic rings. The smallest absolute Gasteiger partial charge is 0.268 e. The van der Waals surface area contributed by atoms with Gasteiger partial charge in [0, 0.05) is 18.1 Å². The highest BCUT2D eigenvalue weighted by molar-refractivity contribution is 6.34. The number of rotatable bonds is 4. The molecule has 1 aromatic heterocycles. The van der Waals surface area contributed by atoms with Gasteiger partial charge >= 0.3 is 0 Å². The highest BCUT2D eigenvalue weighted by atomic mass is 35.5. The zero-order valence-electron chi connectivity index (χ0n) is 10.3. The van der Waals surface area contributed by atoms with Crippen LogP contribution in [0.5, 0.6) is 17.4 Å². The van der Waals surface area contributed by atoms with Crippen LogP contribution in [0.2, 0.25) is 10.0 Å². The van der Waals surface area contributed by atoms with Crippen LogP contribution in [-0.4, -0.2) is 24.1 Å². The SMILES string of the molecule is CNc1ncnc(Oc2cc(Cl)ccc2Cl)c1OC. The molecule has 2 aromatic rings. The summed E-state index contributed by atoms with van der Waals surface area (Å²) in [6.45, 7) is 0. The number of methoxy groups -OCH3 is 1. The number of hydrogen-bond donors (Lipinski definition) is 1. The Hall–Kier alpha value is -1.72. The van der Waals surface area contributed by atoms with Crippen molar-refractivity contribution in [1.29, 1.82) is 0 Å². The Bertz CT molecular complexity index is 593. The van der Waals surface area contributed by atoms with Crippen molar-refractivity contribution in [2.75, 3.05) is 19.5 Å². The van der Waals surface area contributed by atoms with Crippen molar-refractivity contribution in [3.05, 3.63) is 34.6 Å². The summed E-state index contributed by atoms with van der Waals surface area (Å²) in [7, 11) is 3.23. The molecule has 0 radical (unpaired) electrons. The average Bonchev–Trinajstić information content (AvgIpc) is 2.42. The van der Waals surface area contributed by atoms with Crippen molar-refractivity contribution in [3.63, 3.8) is 0 Å². The second-order valence-electron chi connectivity index (χ2n) is 3.49. The topological polar surface area (TPSA) is 56.3 Å². The fourth-order valence-electron chi connectivity index (χ4n) is 1.45. The molecule has 1 N–H and O–H groups in total. The molecule has 0 unspecified atom stereocenters. The second kappa shape index (κ2) is 5.95. The normalized spacial score (nSPS) is 10.1. The maximum absolute atomic E-state index is 6.03. The Morgan fingerprint density at radius 3 is 2.68 bits per heavy atom. The molecular formula is C12H11Cl2N3O2. The molecular weight excluding hydrogens is 289 g/mol. The van der Waals surface area contributed by atoms with Gasteiger partial charge in [0.25, 0.3) is 5.88 Å². The number of halogens is 2. The monoisotopic (exact) mass is 299 g/mol. The minimum Gasteiger partial charge on any atom is -0.489 e. The van der Waals surface area contributed by atoms with Gasteiger partial charge in [0.2, 0.25) is 5.75 Å². The lowest BCUT2D eigenvalue weighted by Crippen LogP contribution is -2.01. The fraction of sp³-hybridized carbons (Fsp3) is 0.167. The number of ether oxygens (including phenoxy) is 2. The van der Waals surface area contributed by atoms with Crippen LogP contribution in [0.15, 0.2) is 24.5 Å². The van der Waals surface area contributed by atoms with Gasteiger partial charge in [-0.1, -0.05) is 23.2 Å². The highest BCUT2D eigenvalue weighted by Crippen LogP contribution is 2.37. The molecule has 5 nitrogen and oxygen atoms in total. The molecule has 2 rings (SSSR count). The Morgan fingerprint density at radius 2 is 2.00 bits per heavy atom. The van der Waals surface area contributed by atoms with E-state index in [1.807, 2.05) is 0 Å². The third-order valence-electron chi connectivity index (χ3n) is 2.31. The highest BCUT2D eigenvalue weighted by Gasteiger charge is 2.14. The molecule has 0 aliphatic heterocycles. The Labute approximate surface area is 120 Å². The molecule has 0 spiro atoms. The Balaban J connectivity index is 2.40. The fourth-order valence-corrected chi connectivity index (χ4v) is 1.77. The first-order chi connectivity index (χ1) is 9.15. The lowest BCUT2D eigenvalue weighted by molar-refractivity contribution is 0.369. The van der Waals surface area contributed by atoms with Gasteiger partial charge in [-0.3, -0.25) is 0 Å². The summed E-state index contributed by atoms with van der Waals surface area (Å²) >= 11 is 11.9. The van der Waals surface area contributed by atoms with E-state index in [0.29, 0.717) is 27.4 Å². The number of anilines is 1. The predicted octanol–water partition coefficient (Wildman–Crippen LogP) is 3.63. The molecule has 7 heteroatoms. The van der Waals surface area contributed by atoms with Gasteiger partial charge in [-0.25, -0.2) is 4.98 Å². The molecule has 0 bridgehead atoms. The quantitative estimate of drug-likeness (QED) is 0.934. The summed E-state index contributed by atoms with van der Waals surface area (Å²) in [4.78, 5) is 8.05. The molecule has 19 heavy (non-hydrogen) atoms. The van der Waals surface area contributed by atoms with Crippen LogP contribution >= 0.6 is 23.2 Å². The second-order valence-corrected chi connectivity index (χ2v) is 4.33. The third kappa shape index (κ3) is 3.00. The van der Waals surface area contributed by atoms with Gasteiger partial charge < -0.3 is 14.8 Å². The molecule has 100 valence electrons. The predicted molar refractivity (Wildman–Crippen MR) is 74.7 cm³/mol. The molecule has 0 saturated heterocycles.